The van der Waals surface area contributed by atoms with Crippen molar-refractivity contribution in [2.45, 2.75) is 97.7 Å². The van der Waals surface area contributed by atoms with Crippen LogP contribution in [-0.2, 0) is 19.1 Å². The van der Waals surface area contributed by atoms with Crippen molar-refractivity contribution < 1.29 is 19.1 Å². The zero-order chi connectivity index (χ0) is 27.5. The smallest absolute Gasteiger partial charge is 0.334 e. The van der Waals surface area contributed by atoms with E-state index in [0.29, 0.717) is 11.1 Å². The second-order valence-corrected chi connectivity index (χ2v) is 12.5. The fourth-order valence-electron chi connectivity index (χ4n) is 3.25. The van der Waals surface area contributed by atoms with Gasteiger partial charge in [0, 0.05) is 30.7 Å². The van der Waals surface area contributed by atoms with E-state index in [-0.39, 0.29) is 22.8 Å². The van der Waals surface area contributed by atoms with Gasteiger partial charge in [0.1, 0.15) is 0 Å². The minimum Gasteiger partial charge on any atom is -0.448 e. The molecule has 4 nitrogen and oxygen atoms in total. The standard InChI is InChI=1S/C30H38O4S3/c1-9-11-27(33-29(31)19(3)4)36-25-15-13-23(17-21(25)7)35-24-14-16-26(22(8)18-24)37-28(12-10-2)34-30(32)20(5)6/h13-18,27-28H,3,5,9-12H2,1-2,4,6-8H3. The van der Waals surface area contributed by atoms with Crippen LogP contribution in [0.25, 0.3) is 0 Å². The second kappa shape index (κ2) is 15.4. The molecule has 0 aliphatic heterocycles. The van der Waals surface area contributed by atoms with Crippen molar-refractivity contribution in [1.29, 1.82) is 0 Å². The summed E-state index contributed by atoms with van der Waals surface area (Å²) in [5.74, 6) is -0.689. The molecule has 0 N–H and O–H groups in total. The van der Waals surface area contributed by atoms with Crippen LogP contribution in [0.2, 0.25) is 0 Å². The van der Waals surface area contributed by atoms with E-state index < -0.39 is 0 Å². The number of ether oxygens (including phenoxy) is 2. The predicted octanol–water partition coefficient (Wildman–Crippen LogP) is 9.13. The van der Waals surface area contributed by atoms with Gasteiger partial charge < -0.3 is 9.47 Å². The van der Waals surface area contributed by atoms with Gasteiger partial charge in [0.05, 0.1) is 0 Å². The van der Waals surface area contributed by atoms with Crippen LogP contribution in [0, 0.1) is 13.8 Å². The number of hydrogen-bond donors (Lipinski definition) is 0. The van der Waals surface area contributed by atoms with Crippen molar-refractivity contribution in [3.63, 3.8) is 0 Å². The predicted molar refractivity (Wildman–Crippen MR) is 157 cm³/mol. The molecule has 0 bridgehead atoms. The van der Waals surface area contributed by atoms with Gasteiger partial charge in [-0.1, -0.05) is 75.1 Å². The quantitative estimate of drug-likeness (QED) is 0.0991. The van der Waals surface area contributed by atoms with E-state index in [1.807, 2.05) is 0 Å². The third-order valence-corrected chi connectivity index (χ3v) is 8.86. The van der Waals surface area contributed by atoms with E-state index in [0.717, 1.165) is 56.4 Å². The normalized spacial score (nSPS) is 12.5. The molecule has 200 valence electrons. The van der Waals surface area contributed by atoms with Gasteiger partial charge in [-0.25, -0.2) is 9.59 Å². The fourth-order valence-corrected chi connectivity index (χ4v) is 6.59. The van der Waals surface area contributed by atoms with Crippen molar-refractivity contribution in [3.05, 3.63) is 71.8 Å². The number of carbonyl (C=O) groups excluding carboxylic acids is 2. The highest BCUT2D eigenvalue weighted by Crippen LogP contribution is 2.37. The highest BCUT2D eigenvalue weighted by Gasteiger charge is 2.18. The molecule has 0 heterocycles. The number of thioether (sulfide) groups is 2. The third-order valence-electron chi connectivity index (χ3n) is 5.27. The van der Waals surface area contributed by atoms with E-state index >= 15 is 0 Å². The van der Waals surface area contributed by atoms with Gasteiger partial charge in [0.2, 0.25) is 0 Å². The molecule has 0 fully saturated rings. The number of aryl methyl sites for hydroxylation is 2. The Balaban J connectivity index is 2.09. The van der Waals surface area contributed by atoms with E-state index in [1.54, 1.807) is 49.1 Å². The number of esters is 2. The lowest BCUT2D eigenvalue weighted by Crippen LogP contribution is -2.15. The molecule has 37 heavy (non-hydrogen) atoms. The summed E-state index contributed by atoms with van der Waals surface area (Å²) < 4.78 is 11.2. The Hall–Kier alpha value is -2.09. The molecule has 2 aromatic rings. The lowest BCUT2D eigenvalue weighted by atomic mass is 10.2. The Morgan fingerprint density at radius 1 is 0.757 bits per heavy atom. The maximum Gasteiger partial charge on any atom is 0.334 e. The molecule has 0 saturated heterocycles. The van der Waals surface area contributed by atoms with Crippen molar-refractivity contribution in [2.75, 3.05) is 0 Å². The van der Waals surface area contributed by atoms with Crippen molar-refractivity contribution in [1.82, 2.24) is 0 Å². The van der Waals surface area contributed by atoms with Gasteiger partial charge in [-0.15, -0.1) is 0 Å². The molecule has 2 atom stereocenters. The summed E-state index contributed by atoms with van der Waals surface area (Å²) in [5.41, 5.74) is 2.66. The van der Waals surface area contributed by atoms with Gasteiger partial charge >= 0.3 is 11.9 Å². The van der Waals surface area contributed by atoms with Crippen molar-refractivity contribution >= 4 is 47.2 Å². The zero-order valence-corrected chi connectivity index (χ0v) is 25.2. The molecule has 7 heteroatoms. The first-order chi connectivity index (χ1) is 17.5. The molecule has 0 amide bonds. The Morgan fingerprint density at radius 2 is 1.14 bits per heavy atom. The minimum atomic E-state index is -0.345. The summed E-state index contributed by atoms with van der Waals surface area (Å²) in [7, 11) is 0. The highest BCUT2D eigenvalue weighted by atomic mass is 32.2. The summed E-state index contributed by atoms with van der Waals surface area (Å²) in [5, 5.41) is 0. The molecular formula is C30H38O4S3. The zero-order valence-electron chi connectivity index (χ0n) is 22.7. The maximum absolute atomic E-state index is 12.0. The van der Waals surface area contributed by atoms with Gasteiger partial charge in [-0.2, -0.15) is 0 Å². The summed E-state index contributed by atoms with van der Waals surface area (Å²) in [6.45, 7) is 19.0. The first-order valence-corrected chi connectivity index (χ1v) is 15.1. The van der Waals surface area contributed by atoms with Gasteiger partial charge in [-0.3, -0.25) is 0 Å². The van der Waals surface area contributed by atoms with E-state index in [2.05, 4.69) is 77.3 Å². The molecule has 0 aliphatic rings. The van der Waals surface area contributed by atoms with Crippen LogP contribution in [-0.4, -0.2) is 22.8 Å². The number of rotatable bonds is 14. The average molecular weight is 559 g/mol. The summed E-state index contributed by atoms with van der Waals surface area (Å²) in [4.78, 5) is 28.5. The molecule has 0 aromatic heterocycles. The van der Waals surface area contributed by atoms with E-state index in [4.69, 9.17) is 9.47 Å². The van der Waals surface area contributed by atoms with Crippen LogP contribution >= 0.6 is 35.3 Å². The fraction of sp³-hybridized carbons (Fsp3) is 0.400. The van der Waals surface area contributed by atoms with Crippen LogP contribution < -0.4 is 0 Å². The van der Waals surface area contributed by atoms with Crippen LogP contribution in [0.1, 0.15) is 64.5 Å². The third kappa shape index (κ3) is 10.3. The largest absolute Gasteiger partial charge is 0.448 e. The first kappa shape index (κ1) is 31.1. The molecule has 0 radical (unpaired) electrons. The van der Waals surface area contributed by atoms with E-state index in [9.17, 15) is 9.59 Å². The lowest BCUT2D eigenvalue weighted by molar-refractivity contribution is -0.141. The molecule has 0 aliphatic carbocycles. The van der Waals surface area contributed by atoms with Crippen molar-refractivity contribution in [2.24, 2.45) is 0 Å². The molecule has 2 aromatic carbocycles. The van der Waals surface area contributed by atoms with Gasteiger partial charge in [-0.05, 0) is 88.1 Å². The van der Waals surface area contributed by atoms with E-state index in [1.165, 1.54) is 0 Å². The number of benzene rings is 2. The van der Waals surface area contributed by atoms with Crippen molar-refractivity contribution in [3.8, 4) is 0 Å². The Kier molecular flexibility index (Phi) is 12.9. The van der Waals surface area contributed by atoms with Gasteiger partial charge in [0.25, 0.3) is 0 Å². The molecule has 0 saturated carbocycles. The Bertz CT molecular complexity index is 1040. The molecule has 0 spiro atoms. The lowest BCUT2D eigenvalue weighted by Gasteiger charge is -2.19. The van der Waals surface area contributed by atoms with Crippen LogP contribution in [0.4, 0.5) is 0 Å². The second-order valence-electron chi connectivity index (χ2n) is 9.00. The van der Waals surface area contributed by atoms with Crippen LogP contribution in [0.5, 0.6) is 0 Å². The minimum absolute atomic E-state index is 0.231. The Labute approximate surface area is 235 Å². The molecule has 2 rings (SSSR count). The summed E-state index contributed by atoms with van der Waals surface area (Å²) in [6.07, 6.45) is 3.43. The van der Waals surface area contributed by atoms with Crippen LogP contribution in [0.3, 0.4) is 0 Å². The van der Waals surface area contributed by atoms with Gasteiger partial charge in [0.15, 0.2) is 10.9 Å². The number of carbonyl (C=O) groups is 2. The van der Waals surface area contributed by atoms with Crippen LogP contribution in [0.15, 0.2) is 80.3 Å². The topological polar surface area (TPSA) is 52.6 Å². The molecular weight excluding hydrogens is 521 g/mol. The SMILES string of the molecule is C=C(C)C(=O)OC(CCC)Sc1ccc(Sc2ccc(SC(CCC)OC(=O)C(=C)C)c(C)c2)cc1C. The first-order valence-electron chi connectivity index (χ1n) is 12.5. The summed E-state index contributed by atoms with van der Waals surface area (Å²) in [6, 6.07) is 12.8. The monoisotopic (exact) mass is 558 g/mol. The number of hydrogen-bond acceptors (Lipinski definition) is 7. The highest BCUT2D eigenvalue weighted by molar-refractivity contribution is 8.00. The maximum atomic E-state index is 12.0. The Morgan fingerprint density at radius 3 is 1.43 bits per heavy atom. The summed E-state index contributed by atoms with van der Waals surface area (Å²) >= 11 is 4.87. The molecule has 2 unspecified atom stereocenters. The average Bonchev–Trinajstić information content (AvgIpc) is 2.82.